The molecule has 1 aliphatic heterocycles. The van der Waals surface area contributed by atoms with Crippen molar-refractivity contribution in [1.82, 2.24) is 4.57 Å². The molecule has 5 rings (SSSR count). The number of anilines is 2. The molecule has 4 nitrogen and oxygen atoms in total. The smallest absolute Gasteiger partial charge is 0.184 e. The summed E-state index contributed by atoms with van der Waals surface area (Å²) in [5, 5.41) is 4.69. The molecule has 0 aliphatic carbocycles. The van der Waals surface area contributed by atoms with Gasteiger partial charge in [0, 0.05) is 39.3 Å². The van der Waals surface area contributed by atoms with E-state index in [1.165, 1.54) is 16.6 Å². The average molecular weight is 423 g/mol. The number of nitrogens with zero attached hydrogens (tertiary/aromatic N) is 1. The Balaban J connectivity index is 1.58. The van der Waals surface area contributed by atoms with Gasteiger partial charge in [-0.1, -0.05) is 55.1 Å². The molecule has 1 N–H and O–H groups in total. The monoisotopic (exact) mass is 422 g/mol. The first-order chi connectivity index (χ1) is 15.7. The van der Waals surface area contributed by atoms with Gasteiger partial charge in [0.2, 0.25) is 0 Å². The summed E-state index contributed by atoms with van der Waals surface area (Å²) in [7, 11) is 0. The standard InChI is InChI=1S/C28H26N2O2/c1-3-4-10-25-20(2)30(24-14-11-21(12-15-24)28-31-17-18-32-28)27-16-13-23(19-26(25)27)29-22-8-6-5-7-9-22/h3-16,19,28-29H,1,17-18H2,2H3/b10-4-. The van der Waals surface area contributed by atoms with Crippen molar-refractivity contribution in [2.75, 3.05) is 18.5 Å². The van der Waals surface area contributed by atoms with Crippen LogP contribution in [0.4, 0.5) is 11.4 Å². The predicted molar refractivity (Wildman–Crippen MR) is 132 cm³/mol. The Labute approximate surface area is 188 Å². The van der Waals surface area contributed by atoms with Crippen LogP contribution >= 0.6 is 0 Å². The molecular weight excluding hydrogens is 396 g/mol. The number of benzene rings is 3. The van der Waals surface area contributed by atoms with Gasteiger partial charge in [-0.15, -0.1) is 0 Å². The van der Waals surface area contributed by atoms with E-state index >= 15 is 0 Å². The van der Waals surface area contributed by atoms with E-state index < -0.39 is 0 Å². The Bertz CT molecular complexity index is 1260. The molecule has 0 amide bonds. The van der Waals surface area contributed by atoms with E-state index in [4.69, 9.17) is 9.47 Å². The number of allylic oxidation sites excluding steroid dienone is 2. The molecule has 0 atom stereocenters. The Morgan fingerprint density at radius 2 is 1.69 bits per heavy atom. The lowest BCUT2D eigenvalue weighted by molar-refractivity contribution is -0.0441. The van der Waals surface area contributed by atoms with Crippen molar-refractivity contribution in [3.63, 3.8) is 0 Å². The summed E-state index contributed by atoms with van der Waals surface area (Å²) in [5.74, 6) is 0. The molecule has 1 saturated heterocycles. The summed E-state index contributed by atoms with van der Waals surface area (Å²) in [6.07, 6.45) is 5.67. The van der Waals surface area contributed by atoms with Crippen LogP contribution in [0.5, 0.6) is 0 Å². The summed E-state index contributed by atoms with van der Waals surface area (Å²) in [6, 6.07) is 25.2. The average Bonchev–Trinajstić information content (AvgIpc) is 3.45. The molecule has 3 aromatic carbocycles. The first kappa shape index (κ1) is 20.3. The van der Waals surface area contributed by atoms with Crippen LogP contribution in [-0.4, -0.2) is 17.8 Å². The van der Waals surface area contributed by atoms with Crippen LogP contribution in [0.3, 0.4) is 0 Å². The van der Waals surface area contributed by atoms with Crippen LogP contribution < -0.4 is 5.32 Å². The Kier molecular flexibility index (Phi) is 5.63. The normalized spacial score (nSPS) is 14.4. The van der Waals surface area contributed by atoms with Crippen molar-refractivity contribution in [3.05, 3.63) is 108 Å². The van der Waals surface area contributed by atoms with E-state index in [1.54, 1.807) is 0 Å². The van der Waals surface area contributed by atoms with E-state index in [0.29, 0.717) is 13.2 Å². The second kappa shape index (κ2) is 8.87. The largest absolute Gasteiger partial charge is 0.356 e. The third-order valence-corrected chi connectivity index (χ3v) is 5.76. The second-order valence-electron chi connectivity index (χ2n) is 7.82. The van der Waals surface area contributed by atoms with Gasteiger partial charge in [0.15, 0.2) is 6.29 Å². The van der Waals surface area contributed by atoms with Gasteiger partial charge in [-0.3, -0.25) is 0 Å². The quantitative estimate of drug-likeness (QED) is 0.342. The number of aromatic nitrogens is 1. The highest BCUT2D eigenvalue weighted by Crippen LogP contribution is 2.34. The lowest BCUT2D eigenvalue weighted by atomic mass is 10.1. The molecule has 32 heavy (non-hydrogen) atoms. The zero-order chi connectivity index (χ0) is 21.9. The summed E-state index contributed by atoms with van der Waals surface area (Å²) in [5.41, 5.74) is 7.79. The zero-order valence-corrected chi connectivity index (χ0v) is 18.1. The molecule has 4 heteroatoms. The summed E-state index contributed by atoms with van der Waals surface area (Å²) < 4.78 is 13.6. The molecule has 0 bridgehead atoms. The molecule has 0 spiro atoms. The van der Waals surface area contributed by atoms with E-state index in [0.717, 1.165) is 28.1 Å². The van der Waals surface area contributed by atoms with Crippen LogP contribution in [0, 0.1) is 6.92 Å². The predicted octanol–water partition coefficient (Wildman–Crippen LogP) is 6.93. The van der Waals surface area contributed by atoms with Crippen LogP contribution in [0.15, 0.2) is 91.5 Å². The third kappa shape index (κ3) is 3.86. The lowest BCUT2D eigenvalue weighted by Gasteiger charge is -2.13. The maximum atomic E-state index is 5.63. The fraction of sp³-hybridized carbons (Fsp3) is 0.143. The third-order valence-electron chi connectivity index (χ3n) is 5.76. The van der Waals surface area contributed by atoms with E-state index in [2.05, 4.69) is 84.1 Å². The molecule has 4 aromatic rings. The fourth-order valence-electron chi connectivity index (χ4n) is 4.25. The Morgan fingerprint density at radius 1 is 0.938 bits per heavy atom. The molecule has 160 valence electrons. The van der Waals surface area contributed by atoms with E-state index in [-0.39, 0.29) is 6.29 Å². The number of hydrogen-bond donors (Lipinski definition) is 1. The minimum atomic E-state index is -0.260. The first-order valence-electron chi connectivity index (χ1n) is 10.8. The number of hydrogen-bond acceptors (Lipinski definition) is 3. The van der Waals surface area contributed by atoms with Gasteiger partial charge in [0.25, 0.3) is 0 Å². The zero-order valence-electron chi connectivity index (χ0n) is 18.1. The van der Waals surface area contributed by atoms with E-state index in [9.17, 15) is 0 Å². The molecule has 2 heterocycles. The Hall–Kier alpha value is -3.60. The summed E-state index contributed by atoms with van der Waals surface area (Å²) in [6.45, 7) is 7.29. The van der Waals surface area contributed by atoms with Gasteiger partial charge in [-0.25, -0.2) is 0 Å². The van der Waals surface area contributed by atoms with Crippen molar-refractivity contribution in [2.45, 2.75) is 13.2 Å². The maximum absolute atomic E-state index is 5.63. The van der Waals surface area contributed by atoms with Crippen LogP contribution in [-0.2, 0) is 9.47 Å². The molecular formula is C28H26N2O2. The highest BCUT2D eigenvalue weighted by Gasteiger charge is 2.19. The highest BCUT2D eigenvalue weighted by molar-refractivity contribution is 5.95. The van der Waals surface area contributed by atoms with Crippen molar-refractivity contribution < 1.29 is 9.47 Å². The number of para-hydroxylation sites is 1. The van der Waals surface area contributed by atoms with Gasteiger partial charge in [0.05, 0.1) is 18.7 Å². The van der Waals surface area contributed by atoms with Crippen molar-refractivity contribution in [3.8, 4) is 5.69 Å². The van der Waals surface area contributed by atoms with Crippen molar-refractivity contribution in [1.29, 1.82) is 0 Å². The second-order valence-corrected chi connectivity index (χ2v) is 7.82. The molecule has 1 fully saturated rings. The minimum absolute atomic E-state index is 0.260. The fourth-order valence-corrected chi connectivity index (χ4v) is 4.25. The molecule has 0 saturated carbocycles. The molecule has 1 aromatic heterocycles. The Morgan fingerprint density at radius 3 is 2.41 bits per heavy atom. The van der Waals surface area contributed by atoms with E-state index in [1.807, 2.05) is 30.4 Å². The number of fused-ring (bicyclic) bond motifs is 1. The van der Waals surface area contributed by atoms with Crippen LogP contribution in [0.25, 0.3) is 22.7 Å². The number of ether oxygens (including phenoxy) is 2. The first-order valence-corrected chi connectivity index (χ1v) is 10.8. The summed E-state index contributed by atoms with van der Waals surface area (Å²) in [4.78, 5) is 0. The van der Waals surface area contributed by atoms with Gasteiger partial charge in [-0.2, -0.15) is 0 Å². The lowest BCUT2D eigenvalue weighted by Crippen LogP contribution is -2.00. The van der Waals surface area contributed by atoms with Gasteiger partial charge < -0.3 is 19.4 Å². The highest BCUT2D eigenvalue weighted by atomic mass is 16.7. The van der Waals surface area contributed by atoms with Crippen LogP contribution in [0.2, 0.25) is 0 Å². The van der Waals surface area contributed by atoms with Gasteiger partial charge in [0.1, 0.15) is 0 Å². The molecule has 0 unspecified atom stereocenters. The number of nitrogens with one attached hydrogen (secondary N) is 1. The topological polar surface area (TPSA) is 35.4 Å². The van der Waals surface area contributed by atoms with Crippen molar-refractivity contribution >= 4 is 28.4 Å². The summed E-state index contributed by atoms with van der Waals surface area (Å²) >= 11 is 0. The maximum Gasteiger partial charge on any atom is 0.184 e. The van der Waals surface area contributed by atoms with Gasteiger partial charge in [-0.05, 0) is 49.4 Å². The minimum Gasteiger partial charge on any atom is -0.356 e. The molecule has 0 radical (unpaired) electrons. The molecule has 1 aliphatic rings. The van der Waals surface area contributed by atoms with Gasteiger partial charge >= 0.3 is 0 Å². The SMILES string of the molecule is C=C/C=C\c1c(C)n(-c2ccc(C3OCCO3)cc2)c2ccc(Nc3ccccc3)cc12. The van der Waals surface area contributed by atoms with Crippen LogP contribution in [0.1, 0.15) is 23.1 Å². The van der Waals surface area contributed by atoms with Crippen molar-refractivity contribution in [2.24, 2.45) is 0 Å². The number of rotatable bonds is 6.